The van der Waals surface area contributed by atoms with Crippen LogP contribution >= 0.6 is 11.3 Å². The van der Waals surface area contributed by atoms with Crippen LogP contribution in [0.3, 0.4) is 0 Å². The van der Waals surface area contributed by atoms with Gasteiger partial charge in [-0.2, -0.15) is 0 Å². The van der Waals surface area contributed by atoms with E-state index in [0.717, 1.165) is 40.9 Å². The molecule has 0 radical (unpaired) electrons. The van der Waals surface area contributed by atoms with Crippen molar-refractivity contribution in [3.05, 3.63) is 45.4 Å². The van der Waals surface area contributed by atoms with Crippen molar-refractivity contribution in [2.75, 3.05) is 26.4 Å². The average molecular weight is 405 g/mol. The summed E-state index contributed by atoms with van der Waals surface area (Å²) in [5, 5.41) is 9.90. The first-order valence-electron chi connectivity index (χ1n) is 9.91. The third kappa shape index (κ3) is 7.48. The minimum absolute atomic E-state index is 0.538. The maximum Gasteiger partial charge on any atom is 0.191 e. The second kappa shape index (κ2) is 12.4. The lowest BCUT2D eigenvalue weighted by Crippen LogP contribution is -2.36. The molecule has 2 N–H and O–H groups in total. The van der Waals surface area contributed by atoms with E-state index in [-0.39, 0.29) is 0 Å². The predicted octanol–water partition coefficient (Wildman–Crippen LogP) is 3.68. The summed E-state index contributed by atoms with van der Waals surface area (Å²) in [5.74, 6) is 1.64. The van der Waals surface area contributed by atoms with Crippen LogP contribution in [0.2, 0.25) is 0 Å². The van der Waals surface area contributed by atoms with Crippen molar-refractivity contribution < 1.29 is 9.47 Å². The van der Waals surface area contributed by atoms with E-state index in [1.807, 2.05) is 6.92 Å². The highest BCUT2D eigenvalue weighted by molar-refractivity contribution is 7.09. The summed E-state index contributed by atoms with van der Waals surface area (Å²) in [7, 11) is 0. The van der Waals surface area contributed by atoms with Gasteiger partial charge in [0.1, 0.15) is 12.4 Å². The predicted molar refractivity (Wildman–Crippen MR) is 116 cm³/mol. The number of aliphatic imine (C=N–C) groups is 1. The Balaban J connectivity index is 2.00. The summed E-state index contributed by atoms with van der Waals surface area (Å²) in [6, 6.07) is 6.22. The van der Waals surface area contributed by atoms with Crippen molar-refractivity contribution in [2.24, 2.45) is 4.99 Å². The number of hydrogen-bond acceptors (Lipinski definition) is 5. The Hall–Kier alpha value is -2.12. The monoisotopic (exact) mass is 404 g/mol. The summed E-state index contributed by atoms with van der Waals surface area (Å²) in [6.07, 6.45) is 0.971. The molecule has 0 fully saturated rings. The lowest BCUT2D eigenvalue weighted by atomic mass is 10.1. The van der Waals surface area contributed by atoms with Gasteiger partial charge in [-0.1, -0.05) is 19.1 Å². The van der Waals surface area contributed by atoms with Crippen molar-refractivity contribution in [3.63, 3.8) is 0 Å². The number of guanidine groups is 1. The SMILES string of the molecule is CCNC(=NCc1ccc(C)cc1OCCOCC)NCc1csc(CC)n1. The van der Waals surface area contributed by atoms with Crippen LogP contribution in [0.1, 0.15) is 42.6 Å². The number of hydrogen-bond donors (Lipinski definition) is 2. The number of nitrogens with one attached hydrogen (secondary N) is 2. The molecule has 1 aromatic carbocycles. The fraction of sp³-hybridized carbons (Fsp3) is 0.524. The maximum absolute atomic E-state index is 5.91. The Morgan fingerprint density at radius 2 is 2.04 bits per heavy atom. The van der Waals surface area contributed by atoms with Gasteiger partial charge >= 0.3 is 0 Å². The van der Waals surface area contributed by atoms with Crippen molar-refractivity contribution in [2.45, 2.75) is 47.2 Å². The quantitative estimate of drug-likeness (QED) is 0.340. The molecule has 1 aromatic heterocycles. The van der Waals surface area contributed by atoms with Crippen LogP contribution in [0, 0.1) is 6.92 Å². The number of aromatic nitrogens is 1. The van der Waals surface area contributed by atoms with E-state index in [1.54, 1.807) is 11.3 Å². The first-order valence-corrected chi connectivity index (χ1v) is 10.8. The number of nitrogens with zero attached hydrogens (tertiary/aromatic N) is 2. The van der Waals surface area contributed by atoms with Crippen LogP contribution in [-0.4, -0.2) is 37.3 Å². The first kappa shape index (κ1) is 22.2. The smallest absolute Gasteiger partial charge is 0.191 e. The van der Waals surface area contributed by atoms with E-state index in [2.05, 4.69) is 60.0 Å². The van der Waals surface area contributed by atoms with Gasteiger partial charge in [0.15, 0.2) is 5.96 Å². The van der Waals surface area contributed by atoms with Crippen LogP contribution in [0.5, 0.6) is 5.75 Å². The van der Waals surface area contributed by atoms with Crippen LogP contribution in [0.25, 0.3) is 0 Å². The summed E-state index contributed by atoms with van der Waals surface area (Å²) >= 11 is 1.70. The molecule has 2 rings (SSSR count). The van der Waals surface area contributed by atoms with Crippen molar-refractivity contribution in [1.29, 1.82) is 0 Å². The van der Waals surface area contributed by atoms with Gasteiger partial charge in [0.2, 0.25) is 0 Å². The zero-order valence-electron chi connectivity index (χ0n) is 17.4. The fourth-order valence-electron chi connectivity index (χ4n) is 2.55. The Bertz CT molecular complexity index is 746. The standard InChI is InChI=1S/C21H32N4O2S/c1-5-20-25-18(15-28-20)14-24-21(22-6-2)23-13-17-9-8-16(4)12-19(17)27-11-10-26-7-3/h8-9,12,15H,5-7,10-11,13-14H2,1-4H3,(H2,22,23,24). The van der Waals surface area contributed by atoms with E-state index >= 15 is 0 Å². The molecule has 0 spiro atoms. The van der Waals surface area contributed by atoms with E-state index in [9.17, 15) is 0 Å². The molecule has 0 aliphatic carbocycles. The highest BCUT2D eigenvalue weighted by atomic mass is 32.1. The van der Waals surface area contributed by atoms with Crippen molar-refractivity contribution >= 4 is 17.3 Å². The molecule has 0 bridgehead atoms. The Morgan fingerprint density at radius 3 is 2.75 bits per heavy atom. The summed E-state index contributed by atoms with van der Waals surface area (Å²) in [4.78, 5) is 9.31. The van der Waals surface area contributed by atoms with Gasteiger partial charge in [-0.05, 0) is 38.8 Å². The number of thiazole rings is 1. The molecule has 0 saturated heterocycles. The van der Waals surface area contributed by atoms with E-state index in [4.69, 9.17) is 14.5 Å². The number of rotatable bonds is 11. The fourth-order valence-corrected chi connectivity index (χ4v) is 3.30. The number of ether oxygens (including phenoxy) is 2. The minimum atomic E-state index is 0.538. The molecule has 0 amide bonds. The maximum atomic E-state index is 5.91. The van der Waals surface area contributed by atoms with E-state index < -0.39 is 0 Å². The van der Waals surface area contributed by atoms with Gasteiger partial charge in [-0.15, -0.1) is 11.3 Å². The van der Waals surface area contributed by atoms with Crippen molar-refractivity contribution in [3.8, 4) is 5.75 Å². The van der Waals surface area contributed by atoms with Crippen molar-refractivity contribution in [1.82, 2.24) is 15.6 Å². The topological polar surface area (TPSA) is 67.8 Å². The summed E-state index contributed by atoms with van der Waals surface area (Å²) in [6.45, 7) is 12.1. The van der Waals surface area contributed by atoms with Gasteiger partial charge in [0.05, 0.1) is 30.4 Å². The molecular weight excluding hydrogens is 372 g/mol. The Labute approximate surface area is 172 Å². The molecule has 0 aliphatic rings. The largest absolute Gasteiger partial charge is 0.491 e. The second-order valence-corrected chi connectivity index (χ2v) is 7.23. The average Bonchev–Trinajstić information content (AvgIpc) is 3.16. The Kier molecular flexibility index (Phi) is 9.79. The molecule has 2 aromatic rings. The summed E-state index contributed by atoms with van der Waals surface area (Å²) in [5.41, 5.74) is 3.27. The van der Waals surface area contributed by atoms with Gasteiger partial charge in [-0.25, -0.2) is 9.98 Å². The zero-order chi connectivity index (χ0) is 20.2. The molecule has 154 valence electrons. The second-order valence-electron chi connectivity index (χ2n) is 6.29. The lowest BCUT2D eigenvalue weighted by molar-refractivity contribution is 0.110. The van der Waals surface area contributed by atoms with Gasteiger partial charge in [-0.3, -0.25) is 0 Å². The van der Waals surface area contributed by atoms with E-state index in [0.29, 0.717) is 32.9 Å². The zero-order valence-corrected chi connectivity index (χ0v) is 18.2. The highest BCUT2D eigenvalue weighted by Gasteiger charge is 2.06. The normalized spacial score (nSPS) is 11.5. The molecular formula is C21H32N4O2S. The highest BCUT2D eigenvalue weighted by Crippen LogP contribution is 2.21. The molecule has 6 nitrogen and oxygen atoms in total. The van der Waals surface area contributed by atoms with Gasteiger partial charge in [0, 0.05) is 24.1 Å². The van der Waals surface area contributed by atoms with Crippen LogP contribution < -0.4 is 15.4 Å². The van der Waals surface area contributed by atoms with Gasteiger partial charge in [0.25, 0.3) is 0 Å². The van der Waals surface area contributed by atoms with E-state index in [1.165, 1.54) is 5.56 Å². The Morgan fingerprint density at radius 1 is 1.18 bits per heavy atom. The summed E-state index contributed by atoms with van der Waals surface area (Å²) < 4.78 is 11.3. The minimum Gasteiger partial charge on any atom is -0.491 e. The lowest BCUT2D eigenvalue weighted by Gasteiger charge is -2.13. The van der Waals surface area contributed by atoms with Crippen LogP contribution in [0.4, 0.5) is 0 Å². The molecule has 0 aliphatic heterocycles. The third-order valence-corrected chi connectivity index (χ3v) is 5.04. The first-order chi connectivity index (χ1) is 13.7. The molecule has 0 atom stereocenters. The molecule has 28 heavy (non-hydrogen) atoms. The number of aryl methyl sites for hydroxylation is 2. The van der Waals surface area contributed by atoms with Crippen LogP contribution in [0.15, 0.2) is 28.6 Å². The molecule has 1 heterocycles. The third-order valence-electron chi connectivity index (χ3n) is 4.00. The molecule has 0 saturated carbocycles. The molecule has 7 heteroatoms. The van der Waals surface area contributed by atoms with Gasteiger partial charge < -0.3 is 20.1 Å². The molecule has 0 unspecified atom stereocenters. The van der Waals surface area contributed by atoms with Crippen LogP contribution in [-0.2, 0) is 24.2 Å². The number of benzene rings is 1.